The molecule has 1 aromatic rings. The van der Waals surface area contributed by atoms with Crippen LogP contribution in [0.5, 0.6) is 5.75 Å². The first kappa shape index (κ1) is 18.7. The summed E-state index contributed by atoms with van der Waals surface area (Å²) in [6.07, 6.45) is -0.109. The Morgan fingerprint density at radius 2 is 1.79 bits per heavy atom. The van der Waals surface area contributed by atoms with Crippen LogP contribution in [0.25, 0.3) is 0 Å². The van der Waals surface area contributed by atoms with E-state index < -0.39 is 10.0 Å². The van der Waals surface area contributed by atoms with E-state index in [1.54, 1.807) is 17.0 Å². The van der Waals surface area contributed by atoms with E-state index in [1.807, 2.05) is 13.8 Å². The Hall–Kier alpha value is -1.64. The first-order chi connectivity index (χ1) is 11.2. The Labute approximate surface area is 143 Å². The average molecular weight is 356 g/mol. The molecule has 7 nitrogen and oxygen atoms in total. The monoisotopic (exact) mass is 356 g/mol. The largest absolute Gasteiger partial charge is 0.497 e. The van der Waals surface area contributed by atoms with Crippen LogP contribution >= 0.6 is 0 Å². The molecule has 1 aromatic carbocycles. The third-order valence-electron chi connectivity index (χ3n) is 3.90. The summed E-state index contributed by atoms with van der Waals surface area (Å²) in [4.78, 5) is 14.2. The average Bonchev–Trinajstić information content (AvgIpc) is 2.53. The van der Waals surface area contributed by atoms with Crippen LogP contribution in [0, 0.1) is 0 Å². The molecule has 0 aromatic heterocycles. The van der Waals surface area contributed by atoms with Gasteiger partial charge >= 0.3 is 0 Å². The van der Waals surface area contributed by atoms with Gasteiger partial charge in [0.15, 0.2) is 0 Å². The summed E-state index contributed by atoms with van der Waals surface area (Å²) in [6.45, 7) is 4.54. The predicted octanol–water partition coefficient (Wildman–Crippen LogP) is 0.952. The molecular weight excluding hydrogens is 332 g/mol. The van der Waals surface area contributed by atoms with Gasteiger partial charge in [-0.2, -0.15) is 4.31 Å². The third kappa shape index (κ3) is 4.25. The van der Waals surface area contributed by atoms with Crippen molar-refractivity contribution in [3.05, 3.63) is 24.3 Å². The molecule has 2 atom stereocenters. The summed E-state index contributed by atoms with van der Waals surface area (Å²) in [7, 11) is -0.806. The first-order valence-corrected chi connectivity index (χ1v) is 9.21. The second-order valence-electron chi connectivity index (χ2n) is 5.99. The van der Waals surface area contributed by atoms with Gasteiger partial charge in [0.05, 0.1) is 30.8 Å². The van der Waals surface area contributed by atoms with Gasteiger partial charge in [-0.1, -0.05) is 0 Å². The Balaban J connectivity index is 2.06. The van der Waals surface area contributed by atoms with Gasteiger partial charge in [0.25, 0.3) is 0 Å². The van der Waals surface area contributed by atoms with Gasteiger partial charge in [0, 0.05) is 20.1 Å². The van der Waals surface area contributed by atoms with Crippen LogP contribution in [0.2, 0.25) is 0 Å². The fraction of sp³-hybridized carbons (Fsp3) is 0.562. The minimum absolute atomic E-state index is 0.0544. The van der Waals surface area contributed by atoms with E-state index in [9.17, 15) is 13.2 Å². The molecule has 1 saturated heterocycles. The molecule has 0 bridgehead atoms. The highest BCUT2D eigenvalue weighted by atomic mass is 32.2. The molecule has 24 heavy (non-hydrogen) atoms. The lowest BCUT2D eigenvalue weighted by Gasteiger charge is -2.36. The minimum Gasteiger partial charge on any atom is -0.497 e. The molecule has 0 N–H and O–H groups in total. The molecule has 0 radical (unpaired) electrons. The zero-order valence-corrected chi connectivity index (χ0v) is 15.2. The van der Waals surface area contributed by atoms with Crippen molar-refractivity contribution in [1.29, 1.82) is 0 Å². The fourth-order valence-corrected chi connectivity index (χ4v) is 3.80. The summed E-state index contributed by atoms with van der Waals surface area (Å²) in [5.41, 5.74) is 0. The van der Waals surface area contributed by atoms with Crippen molar-refractivity contribution in [2.24, 2.45) is 0 Å². The van der Waals surface area contributed by atoms with Gasteiger partial charge in [-0.05, 0) is 38.1 Å². The van der Waals surface area contributed by atoms with E-state index in [2.05, 4.69) is 0 Å². The van der Waals surface area contributed by atoms with Crippen molar-refractivity contribution in [2.45, 2.75) is 31.0 Å². The van der Waals surface area contributed by atoms with E-state index >= 15 is 0 Å². The Kier molecular flexibility index (Phi) is 5.84. The number of hydrogen-bond donors (Lipinski definition) is 0. The summed E-state index contributed by atoms with van der Waals surface area (Å²) in [6, 6.07) is 6.09. The number of ether oxygens (including phenoxy) is 2. The predicted molar refractivity (Wildman–Crippen MR) is 89.4 cm³/mol. The van der Waals surface area contributed by atoms with E-state index in [0.717, 1.165) is 4.31 Å². The molecule has 1 fully saturated rings. The number of sulfonamides is 1. The normalized spacial score (nSPS) is 21.8. The van der Waals surface area contributed by atoms with Gasteiger partial charge in [-0.15, -0.1) is 0 Å². The van der Waals surface area contributed by atoms with E-state index in [4.69, 9.17) is 9.47 Å². The van der Waals surface area contributed by atoms with Crippen molar-refractivity contribution in [3.63, 3.8) is 0 Å². The lowest BCUT2D eigenvalue weighted by molar-refractivity contribution is -0.143. The molecular formula is C16H24N2O5S. The molecule has 2 rings (SSSR count). The highest BCUT2D eigenvalue weighted by Gasteiger charge is 2.29. The molecule has 8 heteroatoms. The fourth-order valence-electron chi connectivity index (χ4n) is 2.68. The zero-order valence-electron chi connectivity index (χ0n) is 14.4. The van der Waals surface area contributed by atoms with E-state index in [0.29, 0.717) is 18.8 Å². The number of nitrogens with zero attached hydrogens (tertiary/aromatic N) is 2. The number of carbonyl (C=O) groups is 1. The second kappa shape index (κ2) is 7.50. The molecule has 1 aliphatic rings. The van der Waals surface area contributed by atoms with Crippen molar-refractivity contribution in [1.82, 2.24) is 9.21 Å². The maximum absolute atomic E-state index is 12.6. The number of morpholine rings is 1. The molecule has 0 aliphatic carbocycles. The standard InChI is InChI=1S/C16H24N2O5S/c1-12-9-18(10-13(2)23-12)16(19)11-17(3)24(20,21)15-7-5-14(22-4)6-8-15/h5-8,12-13H,9-11H2,1-4H3. The number of amides is 1. The lowest BCUT2D eigenvalue weighted by atomic mass is 10.2. The molecule has 0 spiro atoms. The molecule has 2 unspecified atom stereocenters. The Morgan fingerprint density at radius 1 is 1.25 bits per heavy atom. The van der Waals surface area contributed by atoms with Crippen molar-refractivity contribution in [3.8, 4) is 5.75 Å². The van der Waals surface area contributed by atoms with Crippen LogP contribution in [-0.4, -0.2) is 69.5 Å². The highest BCUT2D eigenvalue weighted by molar-refractivity contribution is 7.89. The van der Waals surface area contributed by atoms with Crippen LogP contribution in [-0.2, 0) is 19.6 Å². The molecule has 1 aliphatic heterocycles. The highest BCUT2D eigenvalue weighted by Crippen LogP contribution is 2.19. The van der Waals surface area contributed by atoms with Gasteiger partial charge in [0.2, 0.25) is 15.9 Å². The SMILES string of the molecule is COc1ccc(S(=O)(=O)N(C)CC(=O)N2CC(C)OC(C)C2)cc1. The number of likely N-dealkylation sites (N-methyl/N-ethyl adjacent to an activating group) is 1. The van der Waals surface area contributed by atoms with Gasteiger partial charge in [-0.3, -0.25) is 4.79 Å². The smallest absolute Gasteiger partial charge is 0.243 e. The number of carbonyl (C=O) groups excluding carboxylic acids is 1. The number of methoxy groups -OCH3 is 1. The van der Waals surface area contributed by atoms with E-state index in [1.165, 1.54) is 26.3 Å². The zero-order chi connectivity index (χ0) is 17.9. The minimum atomic E-state index is -3.73. The summed E-state index contributed by atoms with van der Waals surface area (Å²) >= 11 is 0. The number of benzene rings is 1. The maximum atomic E-state index is 12.6. The molecule has 0 saturated carbocycles. The first-order valence-electron chi connectivity index (χ1n) is 7.77. The van der Waals surface area contributed by atoms with Crippen LogP contribution in [0.4, 0.5) is 0 Å². The summed E-state index contributed by atoms with van der Waals surface area (Å²) in [5, 5.41) is 0. The van der Waals surface area contributed by atoms with Gasteiger partial charge < -0.3 is 14.4 Å². The van der Waals surface area contributed by atoms with Crippen molar-refractivity contribution >= 4 is 15.9 Å². The van der Waals surface area contributed by atoms with E-state index in [-0.39, 0.29) is 29.6 Å². The quantitative estimate of drug-likeness (QED) is 0.785. The third-order valence-corrected chi connectivity index (χ3v) is 5.72. The topological polar surface area (TPSA) is 76.2 Å². The van der Waals surface area contributed by atoms with Gasteiger partial charge in [-0.25, -0.2) is 8.42 Å². The summed E-state index contributed by atoms with van der Waals surface area (Å²) < 4.78 is 36.8. The van der Waals surface area contributed by atoms with Crippen molar-refractivity contribution in [2.75, 3.05) is 33.8 Å². The molecule has 134 valence electrons. The van der Waals surface area contributed by atoms with Crippen LogP contribution in [0.1, 0.15) is 13.8 Å². The Bertz CT molecular complexity index is 664. The number of hydrogen-bond acceptors (Lipinski definition) is 5. The van der Waals surface area contributed by atoms with Crippen LogP contribution in [0.15, 0.2) is 29.2 Å². The molecule has 1 heterocycles. The van der Waals surface area contributed by atoms with Crippen LogP contribution < -0.4 is 4.74 Å². The lowest BCUT2D eigenvalue weighted by Crippen LogP contribution is -2.51. The second-order valence-corrected chi connectivity index (χ2v) is 8.04. The Morgan fingerprint density at radius 3 is 2.29 bits per heavy atom. The van der Waals surface area contributed by atoms with Crippen molar-refractivity contribution < 1.29 is 22.7 Å². The van der Waals surface area contributed by atoms with Gasteiger partial charge in [0.1, 0.15) is 5.75 Å². The molecule has 1 amide bonds. The summed E-state index contributed by atoms with van der Waals surface area (Å²) in [5.74, 6) is 0.348. The van der Waals surface area contributed by atoms with Crippen LogP contribution in [0.3, 0.4) is 0 Å². The number of rotatable bonds is 5. The maximum Gasteiger partial charge on any atom is 0.243 e.